The van der Waals surface area contributed by atoms with Gasteiger partial charge in [0, 0.05) is 12.0 Å². The van der Waals surface area contributed by atoms with Crippen molar-refractivity contribution in [2.24, 2.45) is 17.1 Å². The van der Waals surface area contributed by atoms with Gasteiger partial charge in [-0.2, -0.15) is 13.2 Å². The van der Waals surface area contributed by atoms with E-state index in [1.165, 1.54) is 12.1 Å². The largest absolute Gasteiger partial charge is 0.416 e. The van der Waals surface area contributed by atoms with E-state index in [0.29, 0.717) is 18.0 Å². The number of aliphatic hydroxyl groups excluding tert-OH is 1. The molecule has 0 spiro atoms. The normalized spacial score (nSPS) is 28.4. The van der Waals surface area contributed by atoms with Gasteiger partial charge in [-0.15, -0.1) is 0 Å². The molecule has 3 N–H and O–H groups in total. The minimum Gasteiger partial charge on any atom is -0.388 e. The molecule has 0 heterocycles. The molecule has 0 amide bonds. The highest BCUT2D eigenvalue weighted by Crippen LogP contribution is 2.47. The molecule has 0 bridgehead atoms. The summed E-state index contributed by atoms with van der Waals surface area (Å²) in [6.45, 7) is 2.47. The Morgan fingerprint density at radius 3 is 2.43 bits per heavy atom. The van der Waals surface area contributed by atoms with Crippen LogP contribution in [0.3, 0.4) is 0 Å². The average Bonchev–Trinajstić information content (AvgIpc) is 2.45. The fourth-order valence-corrected chi connectivity index (χ4v) is 3.45. The Labute approximate surface area is 123 Å². The van der Waals surface area contributed by atoms with Crippen molar-refractivity contribution in [2.75, 3.05) is 6.54 Å². The Balaban J connectivity index is 2.23. The zero-order chi connectivity index (χ0) is 15.7. The molecule has 2 nitrogen and oxygen atoms in total. The van der Waals surface area contributed by atoms with Crippen LogP contribution in [-0.4, -0.2) is 11.7 Å². The first kappa shape index (κ1) is 16.3. The molecule has 3 atom stereocenters. The van der Waals surface area contributed by atoms with Gasteiger partial charge in [-0.3, -0.25) is 0 Å². The van der Waals surface area contributed by atoms with E-state index in [1.54, 1.807) is 0 Å². The lowest BCUT2D eigenvalue weighted by molar-refractivity contribution is -0.137. The Morgan fingerprint density at radius 1 is 1.33 bits per heavy atom. The van der Waals surface area contributed by atoms with Crippen LogP contribution < -0.4 is 5.73 Å². The molecule has 0 radical (unpaired) electrons. The molecule has 21 heavy (non-hydrogen) atoms. The maximum Gasteiger partial charge on any atom is 0.416 e. The molecular formula is C16H22F3NO. The number of halogens is 3. The highest BCUT2D eigenvalue weighted by atomic mass is 19.4. The monoisotopic (exact) mass is 301 g/mol. The third kappa shape index (κ3) is 3.40. The molecule has 0 saturated heterocycles. The SMILES string of the molecule is CC1CCCC(CN)(C(O)c2ccc(C(F)(F)F)cc2)C1. The van der Waals surface area contributed by atoms with E-state index >= 15 is 0 Å². The zero-order valence-electron chi connectivity index (χ0n) is 12.2. The second-order valence-electron chi connectivity index (χ2n) is 6.29. The van der Waals surface area contributed by atoms with Crippen LogP contribution in [0.2, 0.25) is 0 Å². The molecule has 0 aromatic heterocycles. The van der Waals surface area contributed by atoms with Crippen molar-refractivity contribution in [1.29, 1.82) is 0 Å². The minimum atomic E-state index is -4.35. The van der Waals surface area contributed by atoms with Gasteiger partial charge in [0.2, 0.25) is 0 Å². The van der Waals surface area contributed by atoms with Gasteiger partial charge in [-0.25, -0.2) is 0 Å². The Hall–Kier alpha value is -1.07. The van der Waals surface area contributed by atoms with Crippen LogP contribution in [0.4, 0.5) is 13.2 Å². The molecule has 0 aliphatic heterocycles. The summed E-state index contributed by atoms with van der Waals surface area (Å²) in [4.78, 5) is 0. The highest BCUT2D eigenvalue weighted by molar-refractivity contribution is 5.27. The van der Waals surface area contributed by atoms with Crippen molar-refractivity contribution in [1.82, 2.24) is 0 Å². The van der Waals surface area contributed by atoms with Gasteiger partial charge in [0.1, 0.15) is 0 Å². The highest BCUT2D eigenvalue weighted by Gasteiger charge is 2.41. The van der Waals surface area contributed by atoms with E-state index in [4.69, 9.17) is 5.73 Å². The van der Waals surface area contributed by atoms with Gasteiger partial charge in [0.25, 0.3) is 0 Å². The molecule has 1 aliphatic carbocycles. The lowest BCUT2D eigenvalue weighted by atomic mass is 9.65. The van der Waals surface area contributed by atoms with E-state index in [0.717, 1.165) is 37.8 Å². The van der Waals surface area contributed by atoms with Crippen LogP contribution in [0.25, 0.3) is 0 Å². The number of nitrogens with two attached hydrogens (primary N) is 1. The van der Waals surface area contributed by atoms with Gasteiger partial charge in [-0.1, -0.05) is 31.9 Å². The first-order chi connectivity index (χ1) is 9.78. The van der Waals surface area contributed by atoms with E-state index in [2.05, 4.69) is 6.92 Å². The van der Waals surface area contributed by atoms with Crippen LogP contribution in [0.1, 0.15) is 49.8 Å². The lowest BCUT2D eigenvalue weighted by Crippen LogP contribution is -2.40. The summed E-state index contributed by atoms with van der Waals surface area (Å²) in [6, 6.07) is 4.78. The van der Waals surface area contributed by atoms with Crippen molar-refractivity contribution < 1.29 is 18.3 Å². The average molecular weight is 301 g/mol. The molecular weight excluding hydrogens is 279 g/mol. The van der Waals surface area contributed by atoms with Crippen LogP contribution in [0.15, 0.2) is 24.3 Å². The van der Waals surface area contributed by atoms with Crippen molar-refractivity contribution in [3.8, 4) is 0 Å². The van der Waals surface area contributed by atoms with E-state index in [9.17, 15) is 18.3 Å². The third-order valence-corrected chi connectivity index (χ3v) is 4.67. The van der Waals surface area contributed by atoms with Crippen LogP contribution in [-0.2, 0) is 6.18 Å². The Morgan fingerprint density at radius 2 is 1.95 bits per heavy atom. The Bertz CT molecular complexity index is 471. The number of rotatable bonds is 3. The summed E-state index contributed by atoms with van der Waals surface area (Å²) < 4.78 is 37.8. The summed E-state index contributed by atoms with van der Waals surface area (Å²) >= 11 is 0. The number of aliphatic hydroxyl groups is 1. The maximum atomic E-state index is 12.6. The first-order valence-corrected chi connectivity index (χ1v) is 7.34. The zero-order valence-corrected chi connectivity index (χ0v) is 12.2. The fourth-order valence-electron chi connectivity index (χ4n) is 3.45. The number of alkyl halides is 3. The van der Waals surface area contributed by atoms with Gasteiger partial charge in [0.05, 0.1) is 11.7 Å². The van der Waals surface area contributed by atoms with Crippen LogP contribution in [0, 0.1) is 11.3 Å². The van der Waals surface area contributed by atoms with Crippen molar-refractivity contribution >= 4 is 0 Å². The summed E-state index contributed by atoms with van der Waals surface area (Å²) in [5, 5.41) is 10.6. The van der Waals surface area contributed by atoms with E-state index in [1.807, 2.05) is 0 Å². The standard InChI is InChI=1S/C16H22F3NO/c1-11-3-2-8-15(9-11,10-20)14(21)12-4-6-13(7-5-12)16(17,18)19/h4-7,11,14,21H,2-3,8-10,20H2,1H3. The predicted octanol–water partition coefficient (Wildman–Crippen LogP) is 3.89. The molecule has 5 heteroatoms. The van der Waals surface area contributed by atoms with Crippen LogP contribution in [0.5, 0.6) is 0 Å². The van der Waals surface area contributed by atoms with Crippen LogP contribution >= 0.6 is 0 Å². The molecule has 1 aromatic carbocycles. The summed E-state index contributed by atoms with van der Waals surface area (Å²) in [7, 11) is 0. The second-order valence-corrected chi connectivity index (χ2v) is 6.29. The van der Waals surface area contributed by atoms with Gasteiger partial charge >= 0.3 is 6.18 Å². The molecule has 118 valence electrons. The molecule has 1 aliphatic rings. The molecule has 1 aromatic rings. The maximum absolute atomic E-state index is 12.6. The Kier molecular flexibility index (Phi) is 4.63. The van der Waals surface area contributed by atoms with Crippen molar-refractivity contribution in [2.45, 2.75) is 44.9 Å². The van der Waals surface area contributed by atoms with Gasteiger partial charge in [0.15, 0.2) is 0 Å². The summed E-state index contributed by atoms with van der Waals surface area (Å²) in [6.07, 6.45) is -1.43. The third-order valence-electron chi connectivity index (χ3n) is 4.67. The number of hydrogen-bond donors (Lipinski definition) is 2. The molecule has 2 rings (SSSR count). The topological polar surface area (TPSA) is 46.2 Å². The first-order valence-electron chi connectivity index (χ1n) is 7.34. The summed E-state index contributed by atoms with van der Waals surface area (Å²) in [5.41, 5.74) is 5.30. The minimum absolute atomic E-state index is 0.347. The number of hydrogen-bond acceptors (Lipinski definition) is 2. The number of benzene rings is 1. The van der Waals surface area contributed by atoms with Crippen molar-refractivity contribution in [3.63, 3.8) is 0 Å². The fraction of sp³-hybridized carbons (Fsp3) is 0.625. The smallest absolute Gasteiger partial charge is 0.388 e. The predicted molar refractivity (Wildman–Crippen MR) is 75.5 cm³/mol. The quantitative estimate of drug-likeness (QED) is 0.889. The van der Waals surface area contributed by atoms with Crippen molar-refractivity contribution in [3.05, 3.63) is 35.4 Å². The molecule has 3 unspecified atom stereocenters. The van der Waals surface area contributed by atoms with E-state index in [-0.39, 0.29) is 0 Å². The lowest BCUT2D eigenvalue weighted by Gasteiger charge is -2.43. The van der Waals surface area contributed by atoms with Gasteiger partial charge < -0.3 is 10.8 Å². The second kappa shape index (κ2) is 5.97. The van der Waals surface area contributed by atoms with E-state index < -0.39 is 23.3 Å². The molecule has 1 saturated carbocycles. The van der Waals surface area contributed by atoms with Gasteiger partial charge in [-0.05, 0) is 36.5 Å². The molecule has 1 fully saturated rings. The summed E-state index contributed by atoms with van der Waals surface area (Å²) in [5.74, 6) is 0.478.